The second-order valence-electron chi connectivity index (χ2n) is 3.03. The van der Waals surface area contributed by atoms with Crippen LogP contribution in [0.25, 0.3) is 0 Å². The molecular formula is C10H12N2OS. The standard InChI is InChI=1S/C10H12N2OS/c1-3-8(4-11)12-10(13)9-6-14-5-7(9)2/h5-6,8H,3H2,1-2H3,(H,12,13). The zero-order valence-corrected chi connectivity index (χ0v) is 9.02. The van der Waals surface area contributed by atoms with Gasteiger partial charge in [-0.25, -0.2) is 0 Å². The summed E-state index contributed by atoms with van der Waals surface area (Å²) in [6.45, 7) is 3.76. The summed E-state index contributed by atoms with van der Waals surface area (Å²) in [5, 5.41) is 15.1. The fraction of sp³-hybridized carbons (Fsp3) is 0.400. The first kappa shape index (κ1) is 10.7. The molecule has 0 saturated heterocycles. The maximum Gasteiger partial charge on any atom is 0.253 e. The van der Waals surface area contributed by atoms with Crippen LogP contribution in [0, 0.1) is 18.3 Å². The van der Waals surface area contributed by atoms with Gasteiger partial charge in [0.2, 0.25) is 0 Å². The van der Waals surface area contributed by atoms with E-state index in [1.54, 1.807) is 5.38 Å². The van der Waals surface area contributed by atoms with Crippen molar-refractivity contribution in [3.8, 4) is 6.07 Å². The van der Waals surface area contributed by atoms with E-state index in [1.807, 2.05) is 25.3 Å². The summed E-state index contributed by atoms with van der Waals surface area (Å²) in [6.07, 6.45) is 0.630. The summed E-state index contributed by atoms with van der Waals surface area (Å²) < 4.78 is 0. The molecule has 4 heteroatoms. The molecule has 1 rings (SSSR count). The van der Waals surface area contributed by atoms with Gasteiger partial charge in [0.15, 0.2) is 0 Å². The number of rotatable bonds is 3. The van der Waals surface area contributed by atoms with Crippen molar-refractivity contribution in [1.29, 1.82) is 5.26 Å². The first-order chi connectivity index (χ1) is 6.69. The highest BCUT2D eigenvalue weighted by molar-refractivity contribution is 7.08. The van der Waals surface area contributed by atoms with Crippen molar-refractivity contribution in [3.05, 3.63) is 21.9 Å². The van der Waals surface area contributed by atoms with E-state index < -0.39 is 0 Å². The lowest BCUT2D eigenvalue weighted by atomic mass is 10.2. The third kappa shape index (κ3) is 2.33. The zero-order chi connectivity index (χ0) is 10.6. The van der Waals surface area contributed by atoms with Crippen LogP contribution in [0.1, 0.15) is 29.3 Å². The van der Waals surface area contributed by atoms with Crippen molar-refractivity contribution in [2.24, 2.45) is 0 Å². The van der Waals surface area contributed by atoms with E-state index in [0.717, 1.165) is 5.56 Å². The van der Waals surface area contributed by atoms with Crippen molar-refractivity contribution < 1.29 is 4.79 Å². The second-order valence-corrected chi connectivity index (χ2v) is 3.78. The number of nitriles is 1. The molecule has 0 aliphatic carbocycles. The minimum absolute atomic E-state index is 0.155. The highest BCUT2D eigenvalue weighted by Gasteiger charge is 2.13. The molecule has 0 spiro atoms. The van der Waals surface area contributed by atoms with Crippen LogP contribution in [0.5, 0.6) is 0 Å². The molecule has 0 aromatic carbocycles. The Morgan fingerprint density at radius 3 is 2.86 bits per heavy atom. The minimum Gasteiger partial charge on any atom is -0.336 e. The molecule has 0 bridgehead atoms. The molecule has 1 heterocycles. The van der Waals surface area contributed by atoms with Gasteiger partial charge in [0.05, 0.1) is 11.6 Å². The smallest absolute Gasteiger partial charge is 0.253 e. The molecule has 1 aromatic rings. The first-order valence-corrected chi connectivity index (χ1v) is 5.36. The Hall–Kier alpha value is -1.34. The molecular weight excluding hydrogens is 196 g/mol. The summed E-state index contributed by atoms with van der Waals surface area (Å²) in [7, 11) is 0. The van der Waals surface area contributed by atoms with Crippen molar-refractivity contribution in [3.63, 3.8) is 0 Å². The number of amides is 1. The van der Waals surface area contributed by atoms with Crippen LogP contribution >= 0.6 is 11.3 Å². The van der Waals surface area contributed by atoms with Gasteiger partial charge in [-0.2, -0.15) is 16.6 Å². The quantitative estimate of drug-likeness (QED) is 0.826. The van der Waals surface area contributed by atoms with Gasteiger partial charge in [0, 0.05) is 5.38 Å². The molecule has 74 valence electrons. The zero-order valence-electron chi connectivity index (χ0n) is 8.20. The van der Waals surface area contributed by atoms with Crippen LogP contribution in [0.15, 0.2) is 10.8 Å². The van der Waals surface area contributed by atoms with Crippen LogP contribution < -0.4 is 5.32 Å². The summed E-state index contributed by atoms with van der Waals surface area (Å²) in [4.78, 5) is 11.6. The first-order valence-electron chi connectivity index (χ1n) is 4.42. The van der Waals surface area contributed by atoms with Gasteiger partial charge in [0.25, 0.3) is 5.91 Å². The molecule has 1 atom stereocenters. The lowest BCUT2D eigenvalue weighted by Crippen LogP contribution is -2.33. The molecule has 1 unspecified atom stereocenters. The molecule has 1 N–H and O–H groups in total. The Morgan fingerprint density at radius 1 is 1.71 bits per heavy atom. The molecule has 1 amide bonds. The maximum atomic E-state index is 11.6. The Kier molecular flexibility index (Phi) is 3.66. The molecule has 3 nitrogen and oxygen atoms in total. The summed E-state index contributed by atoms with van der Waals surface area (Å²) in [5.74, 6) is -0.155. The van der Waals surface area contributed by atoms with E-state index >= 15 is 0 Å². The number of nitrogens with zero attached hydrogens (tertiary/aromatic N) is 1. The molecule has 1 aromatic heterocycles. The number of carbonyl (C=O) groups excluding carboxylic acids is 1. The van der Waals surface area contributed by atoms with E-state index in [9.17, 15) is 4.79 Å². The molecule has 0 fully saturated rings. The van der Waals surface area contributed by atoms with Crippen LogP contribution in [0.3, 0.4) is 0 Å². The highest BCUT2D eigenvalue weighted by Crippen LogP contribution is 2.13. The Morgan fingerprint density at radius 2 is 2.43 bits per heavy atom. The van der Waals surface area contributed by atoms with Gasteiger partial charge in [-0.1, -0.05) is 6.92 Å². The van der Waals surface area contributed by atoms with Crippen LogP contribution in [0.4, 0.5) is 0 Å². The monoisotopic (exact) mass is 208 g/mol. The van der Waals surface area contributed by atoms with Gasteiger partial charge in [-0.05, 0) is 24.3 Å². The predicted molar refractivity (Wildman–Crippen MR) is 56.2 cm³/mol. The summed E-state index contributed by atoms with van der Waals surface area (Å²) in [5.41, 5.74) is 1.63. The van der Waals surface area contributed by atoms with Crippen LogP contribution in [0.2, 0.25) is 0 Å². The van der Waals surface area contributed by atoms with E-state index in [2.05, 4.69) is 5.32 Å². The van der Waals surface area contributed by atoms with Gasteiger partial charge in [-0.3, -0.25) is 4.79 Å². The number of aryl methyl sites for hydroxylation is 1. The van der Waals surface area contributed by atoms with E-state index in [-0.39, 0.29) is 11.9 Å². The van der Waals surface area contributed by atoms with Crippen LogP contribution in [-0.2, 0) is 0 Å². The number of carbonyl (C=O) groups is 1. The summed E-state index contributed by atoms with van der Waals surface area (Å²) >= 11 is 1.49. The van der Waals surface area contributed by atoms with Crippen LogP contribution in [-0.4, -0.2) is 11.9 Å². The molecule has 14 heavy (non-hydrogen) atoms. The third-order valence-corrected chi connectivity index (χ3v) is 2.83. The normalized spacial score (nSPS) is 11.8. The van der Waals surface area contributed by atoms with Gasteiger partial charge >= 0.3 is 0 Å². The number of nitrogens with one attached hydrogen (secondary N) is 1. The molecule has 0 radical (unpaired) electrons. The fourth-order valence-electron chi connectivity index (χ4n) is 1.05. The van der Waals surface area contributed by atoms with Gasteiger partial charge < -0.3 is 5.32 Å². The highest BCUT2D eigenvalue weighted by atomic mass is 32.1. The average molecular weight is 208 g/mol. The van der Waals surface area contributed by atoms with E-state index in [1.165, 1.54) is 11.3 Å². The molecule has 0 aliphatic rings. The van der Waals surface area contributed by atoms with Crippen molar-refractivity contribution in [2.75, 3.05) is 0 Å². The minimum atomic E-state index is -0.387. The number of hydrogen-bond donors (Lipinski definition) is 1. The average Bonchev–Trinajstić information content (AvgIpc) is 2.60. The SMILES string of the molecule is CCC(C#N)NC(=O)c1cscc1C. The van der Waals surface area contributed by atoms with Crippen molar-refractivity contribution >= 4 is 17.2 Å². The molecule has 0 saturated carbocycles. The van der Waals surface area contributed by atoms with Crippen molar-refractivity contribution in [1.82, 2.24) is 5.32 Å². The second kappa shape index (κ2) is 4.77. The van der Waals surface area contributed by atoms with E-state index in [0.29, 0.717) is 12.0 Å². The lowest BCUT2D eigenvalue weighted by molar-refractivity contribution is 0.0944. The Labute approximate surface area is 87.4 Å². The summed E-state index contributed by atoms with van der Waals surface area (Å²) in [6, 6.07) is 1.65. The topological polar surface area (TPSA) is 52.9 Å². The van der Waals surface area contributed by atoms with E-state index in [4.69, 9.17) is 5.26 Å². The largest absolute Gasteiger partial charge is 0.336 e. The van der Waals surface area contributed by atoms with Crippen molar-refractivity contribution in [2.45, 2.75) is 26.3 Å². The predicted octanol–water partition coefficient (Wildman–Crippen LogP) is 2.09. The fourth-order valence-corrected chi connectivity index (χ4v) is 1.88. The third-order valence-electron chi connectivity index (χ3n) is 1.97. The van der Waals surface area contributed by atoms with Gasteiger partial charge in [-0.15, -0.1) is 0 Å². The molecule has 0 aliphatic heterocycles. The lowest BCUT2D eigenvalue weighted by Gasteiger charge is -2.08. The number of hydrogen-bond acceptors (Lipinski definition) is 3. The maximum absolute atomic E-state index is 11.6. The Bertz CT molecular complexity index is 364. The number of thiophene rings is 1. The Balaban J connectivity index is 2.69. The van der Waals surface area contributed by atoms with Gasteiger partial charge in [0.1, 0.15) is 6.04 Å².